The summed E-state index contributed by atoms with van der Waals surface area (Å²) in [6, 6.07) is 10.8. The van der Waals surface area contributed by atoms with Gasteiger partial charge in [0.1, 0.15) is 0 Å². The Bertz CT molecular complexity index is 820. The molecular formula is C20H18F2O3. The SMILES string of the molecule is C=CC(=O)Cc1cccc(Cc2cccc(C(C)(F)F)c2)c1C(=O)O. The fourth-order valence-electron chi connectivity index (χ4n) is 2.66. The van der Waals surface area contributed by atoms with E-state index in [1.807, 2.05) is 0 Å². The van der Waals surface area contributed by atoms with Gasteiger partial charge in [0.25, 0.3) is 5.92 Å². The predicted octanol–water partition coefficient (Wildman–Crippen LogP) is 4.38. The van der Waals surface area contributed by atoms with Crippen molar-refractivity contribution in [2.45, 2.75) is 25.7 Å². The van der Waals surface area contributed by atoms with E-state index in [1.165, 1.54) is 18.2 Å². The summed E-state index contributed by atoms with van der Waals surface area (Å²) in [7, 11) is 0. The highest BCUT2D eigenvalue weighted by atomic mass is 19.3. The van der Waals surface area contributed by atoms with Gasteiger partial charge in [0.15, 0.2) is 5.78 Å². The number of carbonyl (C=O) groups excluding carboxylic acids is 1. The predicted molar refractivity (Wildman–Crippen MR) is 91.1 cm³/mol. The van der Waals surface area contributed by atoms with Crippen LogP contribution in [0.4, 0.5) is 8.78 Å². The van der Waals surface area contributed by atoms with E-state index in [1.54, 1.807) is 24.3 Å². The molecule has 0 aliphatic carbocycles. The minimum Gasteiger partial charge on any atom is -0.478 e. The highest BCUT2D eigenvalue weighted by molar-refractivity contribution is 5.96. The zero-order valence-corrected chi connectivity index (χ0v) is 13.8. The lowest BCUT2D eigenvalue weighted by molar-refractivity contribution is -0.114. The first kappa shape index (κ1) is 18.5. The van der Waals surface area contributed by atoms with Crippen molar-refractivity contribution < 1.29 is 23.5 Å². The number of carboxylic acids is 1. The van der Waals surface area contributed by atoms with Gasteiger partial charge in [-0.3, -0.25) is 4.79 Å². The summed E-state index contributed by atoms with van der Waals surface area (Å²) in [6.45, 7) is 4.20. The first-order valence-corrected chi connectivity index (χ1v) is 7.69. The van der Waals surface area contributed by atoms with Crippen LogP contribution in [0, 0.1) is 0 Å². The number of benzene rings is 2. The van der Waals surface area contributed by atoms with Crippen LogP contribution in [-0.4, -0.2) is 16.9 Å². The van der Waals surface area contributed by atoms with Crippen LogP contribution in [-0.2, 0) is 23.6 Å². The Balaban J connectivity index is 2.43. The molecule has 2 aromatic carbocycles. The third kappa shape index (κ3) is 4.59. The van der Waals surface area contributed by atoms with Crippen LogP contribution in [0.2, 0.25) is 0 Å². The summed E-state index contributed by atoms with van der Waals surface area (Å²) in [4.78, 5) is 23.3. The molecule has 0 saturated carbocycles. The second kappa shape index (κ2) is 7.38. The number of aromatic carboxylic acids is 1. The summed E-state index contributed by atoms with van der Waals surface area (Å²) in [5.41, 5.74) is 1.34. The standard InChI is InChI=1S/C20H18F2O3/c1-3-17(23)12-15-8-5-7-14(18(15)19(24)25)10-13-6-4-9-16(11-13)20(2,21)22/h3-9,11H,1,10,12H2,2H3,(H,24,25). The summed E-state index contributed by atoms with van der Waals surface area (Å²) < 4.78 is 27.0. The number of halogens is 2. The summed E-state index contributed by atoms with van der Waals surface area (Å²) in [6.07, 6.45) is 1.26. The largest absolute Gasteiger partial charge is 0.478 e. The average molecular weight is 344 g/mol. The Morgan fingerprint density at radius 2 is 1.80 bits per heavy atom. The molecule has 0 aromatic heterocycles. The highest BCUT2D eigenvalue weighted by Gasteiger charge is 2.24. The Morgan fingerprint density at radius 1 is 1.16 bits per heavy atom. The molecule has 130 valence electrons. The fraction of sp³-hybridized carbons (Fsp3) is 0.200. The molecule has 2 rings (SSSR count). The monoisotopic (exact) mass is 344 g/mol. The van der Waals surface area contributed by atoms with Crippen molar-refractivity contribution in [2.24, 2.45) is 0 Å². The van der Waals surface area contributed by atoms with Crippen LogP contribution in [0.3, 0.4) is 0 Å². The van der Waals surface area contributed by atoms with Gasteiger partial charge in [-0.15, -0.1) is 0 Å². The zero-order valence-electron chi connectivity index (χ0n) is 13.8. The number of carboxylic acid groups (broad SMARTS) is 1. The minimum absolute atomic E-state index is 0.0337. The number of carbonyl (C=O) groups is 2. The van der Waals surface area contributed by atoms with E-state index < -0.39 is 11.9 Å². The Morgan fingerprint density at radius 3 is 2.40 bits per heavy atom. The molecular weight excluding hydrogens is 326 g/mol. The third-order valence-corrected chi connectivity index (χ3v) is 3.87. The highest BCUT2D eigenvalue weighted by Crippen LogP contribution is 2.28. The van der Waals surface area contributed by atoms with Crippen LogP contribution < -0.4 is 0 Å². The van der Waals surface area contributed by atoms with Gasteiger partial charge in [-0.25, -0.2) is 13.6 Å². The van der Waals surface area contributed by atoms with Gasteiger partial charge in [-0.1, -0.05) is 43.0 Å². The molecule has 3 nitrogen and oxygen atoms in total. The van der Waals surface area contributed by atoms with E-state index in [-0.39, 0.29) is 29.8 Å². The van der Waals surface area contributed by atoms with Crippen molar-refractivity contribution >= 4 is 11.8 Å². The van der Waals surface area contributed by atoms with Gasteiger partial charge in [-0.05, 0) is 35.3 Å². The maximum absolute atomic E-state index is 13.5. The van der Waals surface area contributed by atoms with Gasteiger partial charge in [0.05, 0.1) is 5.56 Å². The molecule has 0 amide bonds. The fourth-order valence-corrected chi connectivity index (χ4v) is 2.66. The zero-order chi connectivity index (χ0) is 18.6. The van der Waals surface area contributed by atoms with Gasteiger partial charge < -0.3 is 5.11 Å². The van der Waals surface area contributed by atoms with Crippen LogP contribution in [0.25, 0.3) is 0 Å². The lowest BCUT2D eigenvalue weighted by atomic mass is 9.92. The van der Waals surface area contributed by atoms with Gasteiger partial charge in [0.2, 0.25) is 0 Å². The molecule has 0 spiro atoms. The van der Waals surface area contributed by atoms with Gasteiger partial charge in [0, 0.05) is 18.9 Å². The second-order valence-electron chi connectivity index (χ2n) is 5.87. The van der Waals surface area contributed by atoms with E-state index in [0.717, 1.165) is 13.0 Å². The second-order valence-corrected chi connectivity index (χ2v) is 5.87. The Kier molecular flexibility index (Phi) is 5.47. The molecule has 0 heterocycles. The first-order chi connectivity index (χ1) is 11.7. The summed E-state index contributed by atoms with van der Waals surface area (Å²) >= 11 is 0. The summed E-state index contributed by atoms with van der Waals surface area (Å²) in [5.74, 6) is -4.41. The maximum atomic E-state index is 13.5. The quantitative estimate of drug-likeness (QED) is 0.758. The number of rotatable bonds is 7. The summed E-state index contributed by atoms with van der Waals surface area (Å²) in [5, 5.41) is 9.54. The molecule has 25 heavy (non-hydrogen) atoms. The van der Waals surface area contributed by atoms with E-state index in [9.17, 15) is 23.5 Å². The smallest absolute Gasteiger partial charge is 0.336 e. The normalized spacial score (nSPS) is 11.2. The Hall–Kier alpha value is -2.82. The average Bonchev–Trinajstić information content (AvgIpc) is 2.54. The molecule has 0 saturated heterocycles. The van der Waals surface area contributed by atoms with E-state index in [0.29, 0.717) is 16.7 Å². The van der Waals surface area contributed by atoms with Gasteiger partial charge in [-0.2, -0.15) is 0 Å². The Labute approximate surface area is 144 Å². The minimum atomic E-state index is -2.97. The molecule has 0 aliphatic rings. The number of hydrogen-bond donors (Lipinski definition) is 1. The van der Waals surface area contributed by atoms with Crippen LogP contribution in [0.1, 0.15) is 39.5 Å². The molecule has 0 radical (unpaired) electrons. The molecule has 0 bridgehead atoms. The lowest BCUT2D eigenvalue weighted by Gasteiger charge is -2.14. The van der Waals surface area contributed by atoms with E-state index in [2.05, 4.69) is 6.58 Å². The lowest BCUT2D eigenvalue weighted by Crippen LogP contribution is -2.11. The number of alkyl halides is 2. The molecule has 5 heteroatoms. The molecule has 0 unspecified atom stereocenters. The number of hydrogen-bond acceptors (Lipinski definition) is 2. The van der Waals surface area contributed by atoms with Crippen molar-refractivity contribution in [3.63, 3.8) is 0 Å². The van der Waals surface area contributed by atoms with Crippen molar-refractivity contribution in [1.29, 1.82) is 0 Å². The molecule has 1 N–H and O–H groups in total. The molecule has 0 atom stereocenters. The number of ketones is 1. The third-order valence-electron chi connectivity index (χ3n) is 3.87. The maximum Gasteiger partial charge on any atom is 0.336 e. The van der Waals surface area contributed by atoms with Crippen molar-refractivity contribution in [1.82, 2.24) is 0 Å². The van der Waals surface area contributed by atoms with E-state index >= 15 is 0 Å². The topological polar surface area (TPSA) is 54.4 Å². The number of allylic oxidation sites excluding steroid dienone is 1. The first-order valence-electron chi connectivity index (χ1n) is 7.69. The molecule has 0 fully saturated rings. The van der Waals surface area contributed by atoms with Crippen molar-refractivity contribution in [3.8, 4) is 0 Å². The van der Waals surface area contributed by atoms with Crippen molar-refractivity contribution in [2.75, 3.05) is 0 Å². The van der Waals surface area contributed by atoms with Crippen molar-refractivity contribution in [3.05, 3.63) is 82.9 Å². The van der Waals surface area contributed by atoms with Crippen LogP contribution in [0.5, 0.6) is 0 Å². The van der Waals surface area contributed by atoms with Crippen LogP contribution in [0.15, 0.2) is 55.1 Å². The molecule has 0 aliphatic heterocycles. The van der Waals surface area contributed by atoms with Crippen LogP contribution >= 0.6 is 0 Å². The molecule has 2 aromatic rings. The van der Waals surface area contributed by atoms with E-state index in [4.69, 9.17) is 0 Å². The van der Waals surface area contributed by atoms with Gasteiger partial charge >= 0.3 is 5.97 Å².